The van der Waals surface area contributed by atoms with Crippen molar-refractivity contribution in [2.75, 3.05) is 6.61 Å². The van der Waals surface area contributed by atoms with Crippen molar-refractivity contribution in [3.63, 3.8) is 0 Å². The zero-order valence-corrected chi connectivity index (χ0v) is 20.6. The summed E-state index contributed by atoms with van der Waals surface area (Å²) in [5, 5.41) is 11.3. The summed E-state index contributed by atoms with van der Waals surface area (Å²) in [5.74, 6) is -0.196. The maximum Gasteiger partial charge on any atom is 0.416 e. The number of nitrogens with zero attached hydrogens (tertiary/aromatic N) is 1. The summed E-state index contributed by atoms with van der Waals surface area (Å²) in [4.78, 5) is 26.1. The van der Waals surface area contributed by atoms with E-state index in [2.05, 4.69) is 4.98 Å². The van der Waals surface area contributed by atoms with Crippen molar-refractivity contribution in [2.24, 2.45) is 0 Å². The van der Waals surface area contributed by atoms with Crippen molar-refractivity contribution >= 4 is 39.4 Å². The highest BCUT2D eigenvalue weighted by Crippen LogP contribution is 2.37. The molecule has 6 nitrogen and oxygen atoms in total. The third-order valence-corrected chi connectivity index (χ3v) is 6.52. The fourth-order valence-electron chi connectivity index (χ4n) is 4.51. The maximum absolute atomic E-state index is 13.1. The van der Waals surface area contributed by atoms with Crippen molar-refractivity contribution < 1.29 is 27.8 Å². The molecule has 35 heavy (non-hydrogen) atoms. The molecule has 0 aliphatic heterocycles. The van der Waals surface area contributed by atoms with Crippen LogP contribution in [0.25, 0.3) is 21.8 Å². The molecule has 0 amide bonds. The molecular weight excluding hydrogens is 485 g/mol. The van der Waals surface area contributed by atoms with Gasteiger partial charge in [0.25, 0.3) is 0 Å². The summed E-state index contributed by atoms with van der Waals surface area (Å²) < 4.78 is 45.8. The smallest absolute Gasteiger partial charge is 0.416 e. The Morgan fingerprint density at radius 2 is 1.86 bits per heavy atom. The van der Waals surface area contributed by atoms with Crippen LogP contribution in [0, 0.1) is 6.92 Å². The fraction of sp³-hybridized carbons (Fsp3) is 0.520. The number of aromatic amines is 1. The predicted molar refractivity (Wildman–Crippen MR) is 130 cm³/mol. The lowest BCUT2D eigenvalue weighted by Gasteiger charge is -2.17. The summed E-state index contributed by atoms with van der Waals surface area (Å²) in [6, 6.07) is 4.53. The second kappa shape index (κ2) is 11.5. The number of carbonyl (C=O) groups is 1. The van der Waals surface area contributed by atoms with E-state index in [9.17, 15) is 27.9 Å². The van der Waals surface area contributed by atoms with E-state index in [4.69, 9.17) is 16.3 Å². The van der Waals surface area contributed by atoms with Gasteiger partial charge in [0.05, 0.1) is 23.7 Å². The number of unbranched alkanes of at least 4 members (excludes halogenated alkanes) is 4. The molecule has 0 radical (unpaired) electrons. The average Bonchev–Trinajstić information content (AvgIpc) is 3.03. The highest BCUT2D eigenvalue weighted by molar-refractivity contribution is 6.37. The van der Waals surface area contributed by atoms with Gasteiger partial charge < -0.3 is 19.4 Å². The highest BCUT2D eigenvalue weighted by atomic mass is 35.5. The highest BCUT2D eigenvalue weighted by Gasteiger charge is 2.39. The third kappa shape index (κ3) is 6.38. The molecule has 0 bridgehead atoms. The van der Waals surface area contributed by atoms with Gasteiger partial charge in [-0.05, 0) is 50.8 Å². The molecule has 3 rings (SSSR count). The van der Waals surface area contributed by atoms with E-state index >= 15 is 0 Å². The van der Waals surface area contributed by atoms with E-state index in [1.807, 2.05) is 0 Å². The number of ether oxygens (including phenoxy) is 1. The van der Waals surface area contributed by atoms with Crippen molar-refractivity contribution in [3.05, 3.63) is 44.8 Å². The number of aliphatic hydroxyl groups is 1. The number of esters is 1. The standard InChI is InChI=1S/C25H30ClF3N2O4/c1-3-35-22(34)10-8-6-4-5-7-9-16-15(2)31(14-20(32)25(27,28)29)19-12-11-18-24(23(16)19)17(26)13-21(33)30-18/h11-13,20,32H,3-10,14H2,1-2H3,(H,30,33)/t20-/m1/s1. The number of halogens is 4. The second-order valence-electron chi connectivity index (χ2n) is 8.67. The largest absolute Gasteiger partial charge is 0.466 e. The molecule has 0 saturated heterocycles. The molecule has 0 fully saturated rings. The number of H-pyrrole nitrogens is 1. The minimum absolute atomic E-state index is 0.196. The molecular formula is C25H30ClF3N2O4. The lowest BCUT2D eigenvalue weighted by atomic mass is 10.00. The number of aliphatic hydroxyl groups excluding tert-OH is 1. The van der Waals surface area contributed by atoms with Crippen LogP contribution in [-0.4, -0.2) is 39.5 Å². The number of rotatable bonds is 11. The molecule has 3 aromatic rings. The quantitative estimate of drug-likeness (QED) is 0.250. The Labute approximate surface area is 206 Å². The van der Waals surface area contributed by atoms with Crippen LogP contribution in [-0.2, 0) is 22.5 Å². The minimum Gasteiger partial charge on any atom is -0.466 e. The average molecular weight is 515 g/mol. The minimum atomic E-state index is -4.74. The number of pyridine rings is 1. The second-order valence-corrected chi connectivity index (χ2v) is 9.08. The van der Waals surface area contributed by atoms with Crippen molar-refractivity contribution in [1.82, 2.24) is 9.55 Å². The Balaban J connectivity index is 1.87. The normalized spacial score (nSPS) is 13.0. The van der Waals surface area contributed by atoms with Crippen LogP contribution in [0.2, 0.25) is 5.02 Å². The van der Waals surface area contributed by atoms with Crippen LogP contribution >= 0.6 is 11.6 Å². The first-order chi connectivity index (χ1) is 16.5. The van der Waals surface area contributed by atoms with Gasteiger partial charge in [0, 0.05) is 34.5 Å². The number of aryl methyl sites for hydroxylation is 1. The molecule has 10 heteroatoms. The summed E-state index contributed by atoms with van der Waals surface area (Å²) >= 11 is 6.42. The van der Waals surface area contributed by atoms with Crippen LogP contribution in [0.4, 0.5) is 13.2 Å². The van der Waals surface area contributed by atoms with Gasteiger partial charge in [-0.1, -0.05) is 30.9 Å². The van der Waals surface area contributed by atoms with Gasteiger partial charge in [-0.3, -0.25) is 9.59 Å². The monoisotopic (exact) mass is 514 g/mol. The van der Waals surface area contributed by atoms with E-state index in [-0.39, 0.29) is 16.6 Å². The molecule has 0 aliphatic carbocycles. The third-order valence-electron chi connectivity index (χ3n) is 6.22. The predicted octanol–water partition coefficient (Wildman–Crippen LogP) is 5.81. The molecule has 1 atom stereocenters. The van der Waals surface area contributed by atoms with E-state index in [1.54, 1.807) is 26.0 Å². The van der Waals surface area contributed by atoms with Crippen LogP contribution in [0.3, 0.4) is 0 Å². The van der Waals surface area contributed by atoms with Gasteiger partial charge in [-0.2, -0.15) is 13.2 Å². The van der Waals surface area contributed by atoms with E-state index in [1.165, 1.54) is 10.6 Å². The Hall–Kier alpha value is -2.52. The van der Waals surface area contributed by atoms with Gasteiger partial charge in [0.2, 0.25) is 5.56 Å². The lowest BCUT2D eigenvalue weighted by molar-refractivity contribution is -0.207. The van der Waals surface area contributed by atoms with Gasteiger partial charge >= 0.3 is 12.1 Å². The summed E-state index contributed by atoms with van der Waals surface area (Å²) in [6.07, 6.45) is -2.04. The van der Waals surface area contributed by atoms with Crippen LogP contribution < -0.4 is 5.56 Å². The first-order valence-electron chi connectivity index (χ1n) is 11.8. The lowest BCUT2D eigenvalue weighted by Crippen LogP contribution is -2.33. The number of nitrogens with one attached hydrogen (secondary N) is 1. The Morgan fingerprint density at radius 3 is 2.54 bits per heavy atom. The molecule has 2 heterocycles. The number of hydrogen-bond donors (Lipinski definition) is 2. The Morgan fingerprint density at radius 1 is 1.17 bits per heavy atom. The number of benzene rings is 1. The maximum atomic E-state index is 13.1. The zero-order chi connectivity index (χ0) is 25.8. The molecule has 2 aromatic heterocycles. The molecule has 0 saturated carbocycles. The number of aromatic nitrogens is 2. The molecule has 0 unspecified atom stereocenters. The van der Waals surface area contributed by atoms with E-state index in [0.29, 0.717) is 46.9 Å². The molecule has 1 aromatic carbocycles. The molecule has 2 N–H and O–H groups in total. The summed E-state index contributed by atoms with van der Waals surface area (Å²) in [7, 11) is 0. The van der Waals surface area contributed by atoms with Gasteiger partial charge in [-0.15, -0.1) is 0 Å². The van der Waals surface area contributed by atoms with Crippen molar-refractivity contribution in [2.45, 2.75) is 77.6 Å². The Kier molecular flexibility index (Phi) is 8.88. The fourth-order valence-corrected chi connectivity index (χ4v) is 4.80. The summed E-state index contributed by atoms with van der Waals surface area (Å²) in [5.41, 5.74) is 2.14. The van der Waals surface area contributed by atoms with Gasteiger partial charge in [0.1, 0.15) is 0 Å². The number of alkyl halides is 3. The molecule has 0 spiro atoms. The van der Waals surface area contributed by atoms with Crippen LogP contribution in [0.15, 0.2) is 23.0 Å². The van der Waals surface area contributed by atoms with Gasteiger partial charge in [-0.25, -0.2) is 0 Å². The number of carbonyl (C=O) groups excluding carboxylic acids is 1. The zero-order valence-electron chi connectivity index (χ0n) is 19.8. The first-order valence-corrected chi connectivity index (χ1v) is 12.2. The van der Waals surface area contributed by atoms with Crippen molar-refractivity contribution in [3.8, 4) is 0 Å². The molecule has 192 valence electrons. The first kappa shape index (κ1) is 27.1. The van der Waals surface area contributed by atoms with Gasteiger partial charge in [0.15, 0.2) is 6.10 Å². The van der Waals surface area contributed by atoms with Crippen LogP contribution in [0.5, 0.6) is 0 Å². The number of fused-ring (bicyclic) bond motifs is 3. The van der Waals surface area contributed by atoms with E-state index in [0.717, 1.165) is 37.7 Å². The van der Waals surface area contributed by atoms with Crippen molar-refractivity contribution in [1.29, 1.82) is 0 Å². The summed E-state index contributed by atoms with van der Waals surface area (Å²) in [6.45, 7) is 3.25. The van der Waals surface area contributed by atoms with Crippen LogP contribution in [0.1, 0.15) is 56.7 Å². The number of hydrogen-bond acceptors (Lipinski definition) is 4. The molecule has 0 aliphatic rings. The topological polar surface area (TPSA) is 84.3 Å². The van der Waals surface area contributed by atoms with E-state index < -0.39 is 18.8 Å². The SMILES string of the molecule is CCOC(=O)CCCCCCCc1c(C)n(C[C@@H](O)C(F)(F)F)c2ccc3[nH]c(=O)cc(Cl)c3c12. The Bertz CT molecular complexity index is 1250.